The van der Waals surface area contributed by atoms with Crippen LogP contribution in [-0.2, 0) is 4.79 Å². The summed E-state index contributed by atoms with van der Waals surface area (Å²) in [7, 11) is 0. The molecule has 4 rings (SSSR count). The highest BCUT2D eigenvalue weighted by molar-refractivity contribution is 5.92. The maximum Gasteiger partial charge on any atom is 0.262 e. The summed E-state index contributed by atoms with van der Waals surface area (Å²) >= 11 is 0. The molecule has 0 aliphatic heterocycles. The summed E-state index contributed by atoms with van der Waals surface area (Å²) in [5.41, 5.74) is 2.17. The molecule has 0 aromatic heterocycles. The van der Waals surface area contributed by atoms with Crippen molar-refractivity contribution in [3.8, 4) is 5.75 Å². The Kier molecular flexibility index (Phi) is 5.58. The number of hydrogen-bond donors (Lipinski definition) is 1. The summed E-state index contributed by atoms with van der Waals surface area (Å²) in [6.45, 7) is -0.0617. The number of hydrogen-bond acceptors (Lipinski definition) is 4. The largest absolute Gasteiger partial charge is 0.484 e. The topological polar surface area (TPSA) is 63.0 Å². The van der Waals surface area contributed by atoms with E-state index >= 15 is 0 Å². The van der Waals surface area contributed by atoms with E-state index in [1.165, 1.54) is 0 Å². The molecule has 0 unspecified atom stereocenters. The van der Waals surface area contributed by atoms with Crippen LogP contribution in [0.15, 0.2) is 107 Å². The summed E-state index contributed by atoms with van der Waals surface area (Å²) in [4.78, 5) is 12.2. The first-order chi connectivity index (χ1) is 14.3. The van der Waals surface area contributed by atoms with Crippen LogP contribution in [0.3, 0.4) is 0 Å². The van der Waals surface area contributed by atoms with E-state index in [0.717, 1.165) is 16.5 Å². The van der Waals surface area contributed by atoms with Gasteiger partial charge in [-0.3, -0.25) is 4.79 Å². The van der Waals surface area contributed by atoms with Crippen molar-refractivity contribution in [1.29, 1.82) is 0 Å². The van der Waals surface area contributed by atoms with E-state index in [0.29, 0.717) is 17.1 Å². The maximum atomic E-state index is 12.2. The minimum atomic E-state index is -0.225. The lowest BCUT2D eigenvalue weighted by Gasteiger charge is -2.08. The third-order valence-electron chi connectivity index (χ3n) is 4.28. The number of rotatable bonds is 6. The molecule has 5 heteroatoms. The second-order valence-corrected chi connectivity index (χ2v) is 6.43. The molecule has 5 nitrogen and oxygen atoms in total. The van der Waals surface area contributed by atoms with E-state index in [9.17, 15) is 4.79 Å². The maximum absolute atomic E-state index is 12.2. The van der Waals surface area contributed by atoms with Gasteiger partial charge in [0.2, 0.25) is 0 Å². The molecule has 0 saturated heterocycles. The molecule has 0 spiro atoms. The van der Waals surface area contributed by atoms with Crippen LogP contribution in [0.4, 0.5) is 17.1 Å². The first kappa shape index (κ1) is 18.4. The molecule has 4 aromatic carbocycles. The van der Waals surface area contributed by atoms with Crippen molar-refractivity contribution in [2.45, 2.75) is 0 Å². The Morgan fingerprint density at radius 1 is 0.724 bits per heavy atom. The van der Waals surface area contributed by atoms with Crippen LogP contribution >= 0.6 is 0 Å². The molecule has 0 radical (unpaired) electrons. The number of fused-ring (bicyclic) bond motifs is 1. The highest BCUT2D eigenvalue weighted by Gasteiger charge is 2.05. The normalized spacial score (nSPS) is 10.9. The molecule has 0 aliphatic rings. The van der Waals surface area contributed by atoms with Gasteiger partial charge in [0.15, 0.2) is 6.61 Å². The smallest absolute Gasteiger partial charge is 0.262 e. The molecule has 0 heterocycles. The molecular weight excluding hydrogens is 362 g/mol. The second kappa shape index (κ2) is 8.80. The Bertz CT molecular complexity index is 1140. The first-order valence-corrected chi connectivity index (χ1v) is 9.25. The molecule has 0 aliphatic carbocycles. The van der Waals surface area contributed by atoms with Crippen LogP contribution in [0.25, 0.3) is 10.8 Å². The van der Waals surface area contributed by atoms with Crippen molar-refractivity contribution in [1.82, 2.24) is 0 Å². The summed E-state index contributed by atoms with van der Waals surface area (Å²) in [5, 5.41) is 13.4. The molecule has 0 saturated carbocycles. The van der Waals surface area contributed by atoms with E-state index < -0.39 is 0 Å². The summed E-state index contributed by atoms with van der Waals surface area (Å²) < 4.78 is 5.61. The Morgan fingerprint density at radius 2 is 1.38 bits per heavy atom. The predicted molar refractivity (Wildman–Crippen MR) is 115 cm³/mol. The van der Waals surface area contributed by atoms with Gasteiger partial charge in [-0.25, -0.2) is 0 Å². The van der Waals surface area contributed by atoms with Gasteiger partial charge in [0, 0.05) is 5.69 Å². The van der Waals surface area contributed by atoms with Gasteiger partial charge in [-0.05, 0) is 59.3 Å². The van der Waals surface area contributed by atoms with E-state index in [2.05, 4.69) is 15.5 Å². The summed E-state index contributed by atoms with van der Waals surface area (Å²) in [6, 6.07) is 30.5. The minimum absolute atomic E-state index is 0.0617. The summed E-state index contributed by atoms with van der Waals surface area (Å²) in [6.07, 6.45) is 0. The van der Waals surface area contributed by atoms with Crippen LogP contribution < -0.4 is 10.1 Å². The number of azo groups is 1. The summed E-state index contributed by atoms with van der Waals surface area (Å²) in [5.74, 6) is 0.437. The van der Waals surface area contributed by atoms with Gasteiger partial charge in [-0.1, -0.05) is 48.5 Å². The van der Waals surface area contributed by atoms with E-state index in [1.807, 2.05) is 72.8 Å². The Morgan fingerprint density at radius 3 is 2.14 bits per heavy atom. The number of benzene rings is 4. The highest BCUT2D eigenvalue weighted by atomic mass is 16.5. The third-order valence-corrected chi connectivity index (χ3v) is 4.28. The molecule has 1 amide bonds. The van der Waals surface area contributed by atoms with Crippen molar-refractivity contribution >= 4 is 33.7 Å². The minimum Gasteiger partial charge on any atom is -0.484 e. The van der Waals surface area contributed by atoms with Gasteiger partial charge in [0.1, 0.15) is 5.75 Å². The van der Waals surface area contributed by atoms with E-state index in [4.69, 9.17) is 4.74 Å². The Labute approximate surface area is 168 Å². The van der Waals surface area contributed by atoms with Crippen LogP contribution in [0.5, 0.6) is 5.75 Å². The van der Waals surface area contributed by atoms with Gasteiger partial charge in [0.25, 0.3) is 5.91 Å². The lowest BCUT2D eigenvalue weighted by molar-refractivity contribution is -0.118. The van der Waals surface area contributed by atoms with Gasteiger partial charge >= 0.3 is 0 Å². The quantitative estimate of drug-likeness (QED) is 0.400. The Hall–Kier alpha value is -3.99. The van der Waals surface area contributed by atoms with Gasteiger partial charge in [-0.2, -0.15) is 10.2 Å². The van der Waals surface area contributed by atoms with Crippen molar-refractivity contribution in [3.05, 3.63) is 97.1 Å². The zero-order valence-corrected chi connectivity index (χ0v) is 15.7. The molecule has 1 N–H and O–H groups in total. The highest BCUT2D eigenvalue weighted by Crippen LogP contribution is 2.21. The third kappa shape index (κ3) is 5.05. The fourth-order valence-electron chi connectivity index (χ4n) is 2.82. The predicted octanol–water partition coefficient (Wildman–Crippen LogP) is 6.27. The van der Waals surface area contributed by atoms with E-state index in [-0.39, 0.29) is 12.5 Å². The molecule has 0 bridgehead atoms. The average Bonchev–Trinajstić information content (AvgIpc) is 2.78. The molecular formula is C24H19N3O2. The fraction of sp³-hybridized carbons (Fsp3) is 0.0417. The molecule has 0 fully saturated rings. The SMILES string of the molecule is O=C(COc1ccc2ccccc2c1)Nc1ccc(N=Nc2ccccc2)cc1. The number of nitrogens with one attached hydrogen (secondary N) is 1. The molecule has 142 valence electrons. The zero-order valence-electron chi connectivity index (χ0n) is 15.7. The monoisotopic (exact) mass is 381 g/mol. The van der Waals surface area contributed by atoms with Crippen molar-refractivity contribution < 1.29 is 9.53 Å². The van der Waals surface area contributed by atoms with Crippen molar-refractivity contribution in [2.75, 3.05) is 11.9 Å². The van der Waals surface area contributed by atoms with Crippen LogP contribution in [0.1, 0.15) is 0 Å². The number of nitrogens with zero attached hydrogens (tertiary/aromatic N) is 2. The number of carbonyl (C=O) groups is 1. The zero-order chi connectivity index (χ0) is 19.9. The van der Waals surface area contributed by atoms with Gasteiger partial charge in [-0.15, -0.1) is 0 Å². The first-order valence-electron chi connectivity index (χ1n) is 9.25. The fourth-order valence-corrected chi connectivity index (χ4v) is 2.82. The second-order valence-electron chi connectivity index (χ2n) is 6.43. The molecule has 4 aromatic rings. The number of amides is 1. The number of ether oxygens (including phenoxy) is 1. The van der Waals surface area contributed by atoms with Gasteiger partial charge < -0.3 is 10.1 Å². The molecule has 29 heavy (non-hydrogen) atoms. The van der Waals surface area contributed by atoms with Gasteiger partial charge in [0.05, 0.1) is 11.4 Å². The van der Waals surface area contributed by atoms with Crippen LogP contribution in [-0.4, -0.2) is 12.5 Å². The number of anilines is 1. The molecule has 0 atom stereocenters. The lowest BCUT2D eigenvalue weighted by atomic mass is 10.1. The van der Waals surface area contributed by atoms with Crippen molar-refractivity contribution in [2.24, 2.45) is 10.2 Å². The van der Waals surface area contributed by atoms with E-state index in [1.54, 1.807) is 24.3 Å². The van der Waals surface area contributed by atoms with Crippen LogP contribution in [0, 0.1) is 0 Å². The number of carbonyl (C=O) groups excluding carboxylic acids is 1. The lowest BCUT2D eigenvalue weighted by Crippen LogP contribution is -2.20. The van der Waals surface area contributed by atoms with Crippen LogP contribution in [0.2, 0.25) is 0 Å². The average molecular weight is 381 g/mol. The Balaban J connectivity index is 1.31. The van der Waals surface area contributed by atoms with Crippen molar-refractivity contribution in [3.63, 3.8) is 0 Å². The standard InChI is InChI=1S/C24H19N3O2/c28-24(17-29-23-15-10-18-6-4-5-7-19(18)16-23)25-20-11-13-22(14-12-20)27-26-21-8-2-1-3-9-21/h1-16H,17H2,(H,25,28).